The van der Waals surface area contributed by atoms with Crippen LogP contribution in [-0.4, -0.2) is 18.2 Å². The number of hydrogen-bond donors (Lipinski definition) is 1. The first-order valence-corrected chi connectivity index (χ1v) is 6.69. The van der Waals surface area contributed by atoms with E-state index >= 15 is 0 Å². The molecule has 0 unspecified atom stereocenters. The van der Waals surface area contributed by atoms with Gasteiger partial charge < -0.3 is 10.1 Å². The van der Waals surface area contributed by atoms with Crippen LogP contribution in [0.3, 0.4) is 0 Å². The van der Waals surface area contributed by atoms with E-state index in [0.717, 1.165) is 6.08 Å². The molecule has 23 heavy (non-hydrogen) atoms. The average molecular weight is 337 g/mol. The molecule has 1 aromatic carbocycles. The minimum Gasteiger partial charge on any atom is -0.444 e. The van der Waals surface area contributed by atoms with Crippen molar-refractivity contribution in [2.24, 2.45) is 0 Å². The number of alkyl carbamates (subject to hydrolysis) is 1. The zero-order chi connectivity index (χ0) is 17.8. The van der Waals surface area contributed by atoms with Gasteiger partial charge in [-0.2, -0.15) is 0 Å². The van der Waals surface area contributed by atoms with Crippen molar-refractivity contribution >= 4 is 12.2 Å². The van der Waals surface area contributed by atoms with Crippen molar-refractivity contribution in [3.63, 3.8) is 0 Å². The molecule has 0 aliphatic rings. The highest BCUT2D eigenvalue weighted by atomic mass is 19.2. The molecule has 0 bridgehead atoms. The van der Waals surface area contributed by atoms with Gasteiger partial charge in [-0.25, -0.2) is 26.7 Å². The zero-order valence-electron chi connectivity index (χ0n) is 12.8. The van der Waals surface area contributed by atoms with Gasteiger partial charge in [-0.3, -0.25) is 0 Å². The Hall–Kier alpha value is -2.12. The second-order valence-electron chi connectivity index (χ2n) is 5.60. The maximum Gasteiger partial charge on any atom is 0.407 e. The van der Waals surface area contributed by atoms with Crippen LogP contribution < -0.4 is 5.32 Å². The average Bonchev–Trinajstić information content (AvgIpc) is 2.44. The summed E-state index contributed by atoms with van der Waals surface area (Å²) in [6, 6.07) is 0. The molecular formula is C15H16F5NO2. The lowest BCUT2D eigenvalue weighted by molar-refractivity contribution is 0.0529. The van der Waals surface area contributed by atoms with E-state index in [1.54, 1.807) is 20.8 Å². The van der Waals surface area contributed by atoms with Crippen LogP contribution in [0.2, 0.25) is 0 Å². The molecule has 0 heterocycles. The summed E-state index contributed by atoms with van der Waals surface area (Å²) in [5, 5.41) is 2.38. The van der Waals surface area contributed by atoms with Gasteiger partial charge in [0.25, 0.3) is 0 Å². The Morgan fingerprint density at radius 1 is 1.00 bits per heavy atom. The number of carbonyl (C=O) groups excluding carboxylic acids is 1. The predicted molar refractivity (Wildman–Crippen MR) is 74.1 cm³/mol. The fourth-order valence-electron chi connectivity index (χ4n) is 1.54. The fraction of sp³-hybridized carbons (Fsp3) is 0.400. The van der Waals surface area contributed by atoms with Crippen molar-refractivity contribution in [3.05, 3.63) is 40.7 Å². The normalized spacial score (nSPS) is 11.8. The lowest BCUT2D eigenvalue weighted by Crippen LogP contribution is -2.32. The van der Waals surface area contributed by atoms with E-state index in [-0.39, 0.29) is 13.0 Å². The molecule has 0 aromatic heterocycles. The van der Waals surface area contributed by atoms with Gasteiger partial charge in [0, 0.05) is 6.54 Å². The summed E-state index contributed by atoms with van der Waals surface area (Å²) in [5.74, 6) is -10.0. The number of carbonyl (C=O) groups is 1. The molecule has 8 heteroatoms. The Labute approximate surface area is 130 Å². The first-order valence-electron chi connectivity index (χ1n) is 6.69. The molecule has 1 amide bonds. The van der Waals surface area contributed by atoms with Crippen molar-refractivity contribution in [1.82, 2.24) is 5.32 Å². The van der Waals surface area contributed by atoms with E-state index in [4.69, 9.17) is 4.74 Å². The topological polar surface area (TPSA) is 38.3 Å². The number of rotatable bonds is 4. The Morgan fingerprint density at radius 2 is 1.48 bits per heavy atom. The number of ether oxygens (including phenoxy) is 1. The van der Waals surface area contributed by atoms with Crippen LogP contribution in [0.5, 0.6) is 0 Å². The van der Waals surface area contributed by atoms with Crippen LogP contribution in [0.15, 0.2) is 6.08 Å². The second kappa shape index (κ2) is 7.43. The largest absolute Gasteiger partial charge is 0.444 e. The third-order valence-corrected chi connectivity index (χ3v) is 2.51. The number of halogens is 5. The number of amides is 1. The van der Waals surface area contributed by atoms with Gasteiger partial charge in [0.15, 0.2) is 23.3 Å². The molecule has 3 nitrogen and oxygen atoms in total. The Kier molecular flexibility index (Phi) is 6.12. The summed E-state index contributed by atoms with van der Waals surface area (Å²) < 4.78 is 70.5. The molecule has 0 radical (unpaired) electrons. The maximum absolute atomic E-state index is 13.4. The summed E-state index contributed by atoms with van der Waals surface area (Å²) in [4.78, 5) is 11.3. The molecule has 0 saturated carbocycles. The summed E-state index contributed by atoms with van der Waals surface area (Å²) >= 11 is 0. The van der Waals surface area contributed by atoms with Gasteiger partial charge in [0.2, 0.25) is 5.82 Å². The van der Waals surface area contributed by atoms with E-state index in [1.807, 2.05) is 0 Å². The van der Waals surface area contributed by atoms with E-state index in [2.05, 4.69) is 5.32 Å². The van der Waals surface area contributed by atoms with Crippen molar-refractivity contribution in [2.45, 2.75) is 32.8 Å². The van der Waals surface area contributed by atoms with Crippen molar-refractivity contribution in [3.8, 4) is 0 Å². The number of benzene rings is 1. The minimum atomic E-state index is -2.20. The predicted octanol–water partition coefficient (Wildman–Crippen LogP) is 4.31. The summed E-state index contributed by atoms with van der Waals surface area (Å²) in [6.45, 7) is 5.10. The first kappa shape index (κ1) is 18.9. The first-order chi connectivity index (χ1) is 10.5. The van der Waals surface area contributed by atoms with Crippen LogP contribution in [0.1, 0.15) is 32.8 Å². The number of nitrogens with one attached hydrogen (secondary N) is 1. The quantitative estimate of drug-likeness (QED) is 0.385. The zero-order valence-corrected chi connectivity index (χ0v) is 12.8. The molecule has 1 aromatic rings. The lowest BCUT2D eigenvalue weighted by Gasteiger charge is -2.19. The molecule has 0 saturated heterocycles. The van der Waals surface area contributed by atoms with Gasteiger partial charge >= 0.3 is 6.09 Å². The highest BCUT2D eigenvalue weighted by Gasteiger charge is 2.24. The second-order valence-corrected chi connectivity index (χ2v) is 5.60. The molecule has 0 fully saturated rings. The van der Waals surface area contributed by atoms with E-state index in [1.165, 1.54) is 6.08 Å². The minimum absolute atomic E-state index is 0.0702. The SMILES string of the molecule is CC(C)(C)OC(=O)NCCC=Cc1c(F)c(F)c(F)c(F)c1F. The van der Waals surface area contributed by atoms with E-state index in [9.17, 15) is 26.7 Å². The van der Waals surface area contributed by atoms with Gasteiger partial charge in [0.05, 0.1) is 5.56 Å². The van der Waals surface area contributed by atoms with Crippen LogP contribution in [0.25, 0.3) is 6.08 Å². The fourth-order valence-corrected chi connectivity index (χ4v) is 1.54. The summed E-state index contributed by atoms with van der Waals surface area (Å²) in [7, 11) is 0. The van der Waals surface area contributed by atoms with Gasteiger partial charge in [-0.05, 0) is 27.2 Å². The summed E-state index contributed by atoms with van der Waals surface area (Å²) in [6.07, 6.45) is 1.38. The van der Waals surface area contributed by atoms with Crippen molar-refractivity contribution in [2.75, 3.05) is 6.54 Å². The molecule has 1 N–H and O–H groups in total. The Balaban J connectivity index is 2.65. The van der Waals surface area contributed by atoms with Crippen LogP contribution in [0.4, 0.5) is 26.7 Å². The monoisotopic (exact) mass is 337 g/mol. The van der Waals surface area contributed by atoms with Crippen LogP contribution in [0, 0.1) is 29.1 Å². The van der Waals surface area contributed by atoms with Crippen LogP contribution in [-0.2, 0) is 4.74 Å². The smallest absolute Gasteiger partial charge is 0.407 e. The molecule has 0 aliphatic heterocycles. The molecular weight excluding hydrogens is 321 g/mol. The summed E-state index contributed by atoms with van der Waals surface area (Å²) in [5.41, 5.74) is -1.70. The highest BCUT2D eigenvalue weighted by molar-refractivity contribution is 5.67. The maximum atomic E-state index is 13.4. The van der Waals surface area contributed by atoms with Gasteiger partial charge in [-0.15, -0.1) is 0 Å². The van der Waals surface area contributed by atoms with Gasteiger partial charge in [-0.1, -0.05) is 12.2 Å². The third kappa shape index (κ3) is 5.22. The molecule has 1 rings (SSSR count). The van der Waals surface area contributed by atoms with E-state index < -0.39 is 46.3 Å². The van der Waals surface area contributed by atoms with Crippen molar-refractivity contribution in [1.29, 1.82) is 0 Å². The third-order valence-electron chi connectivity index (χ3n) is 2.51. The van der Waals surface area contributed by atoms with E-state index in [0.29, 0.717) is 0 Å². The Morgan fingerprint density at radius 3 is 1.96 bits per heavy atom. The molecule has 128 valence electrons. The molecule has 0 aliphatic carbocycles. The Bertz CT molecular complexity index is 594. The number of hydrogen-bond acceptors (Lipinski definition) is 2. The standard InChI is InChI=1S/C15H16F5NO2/c1-15(2,3)23-14(22)21-7-5-4-6-8-9(16)11(18)13(20)12(19)10(8)17/h4,6H,5,7H2,1-3H3,(H,21,22). The molecule has 0 spiro atoms. The van der Waals surface area contributed by atoms with Crippen LogP contribution >= 0.6 is 0 Å². The van der Waals surface area contributed by atoms with Crippen molar-refractivity contribution < 1.29 is 31.5 Å². The highest BCUT2D eigenvalue weighted by Crippen LogP contribution is 2.24. The molecule has 0 atom stereocenters. The lowest BCUT2D eigenvalue weighted by atomic mass is 10.1. The van der Waals surface area contributed by atoms with Gasteiger partial charge in [0.1, 0.15) is 5.60 Å².